The molecule has 2 aromatic heterocycles. The maximum Gasteiger partial charge on any atom is 0.178 e. The minimum atomic E-state index is 0.404. The van der Waals surface area contributed by atoms with Gasteiger partial charge in [0, 0.05) is 16.6 Å². The van der Waals surface area contributed by atoms with Gasteiger partial charge in [-0.3, -0.25) is 0 Å². The molecule has 0 aromatic carbocycles. The summed E-state index contributed by atoms with van der Waals surface area (Å²) in [5, 5.41) is 0. The predicted molar refractivity (Wildman–Crippen MR) is 55.7 cm³/mol. The molecule has 1 N–H and O–H groups in total. The third kappa shape index (κ3) is 1.46. The number of nitrogens with one attached hydrogen (secondary N) is 1. The van der Waals surface area contributed by atoms with Crippen molar-refractivity contribution >= 4 is 27.1 Å². The van der Waals surface area contributed by atoms with E-state index in [0.29, 0.717) is 5.92 Å². The first kappa shape index (κ1) is 8.69. The van der Waals surface area contributed by atoms with Gasteiger partial charge in [0.15, 0.2) is 5.65 Å². The minimum absolute atomic E-state index is 0.404. The van der Waals surface area contributed by atoms with E-state index in [9.17, 15) is 0 Å². The van der Waals surface area contributed by atoms with E-state index in [-0.39, 0.29) is 0 Å². The number of aromatic amines is 1. The van der Waals surface area contributed by atoms with E-state index in [1.165, 1.54) is 0 Å². The summed E-state index contributed by atoms with van der Waals surface area (Å²) in [7, 11) is 0. The molecule has 0 aliphatic heterocycles. The maximum absolute atomic E-state index is 4.38. The first-order valence-electron chi connectivity index (χ1n) is 4.18. The number of hydrogen-bond acceptors (Lipinski definition) is 2. The molecule has 0 fully saturated rings. The Morgan fingerprint density at radius 1 is 1.46 bits per heavy atom. The zero-order valence-corrected chi connectivity index (χ0v) is 9.09. The molecule has 0 unspecified atom stereocenters. The Labute approximate surface area is 84.7 Å². The fourth-order valence-corrected chi connectivity index (χ4v) is 1.57. The van der Waals surface area contributed by atoms with E-state index < -0.39 is 0 Å². The van der Waals surface area contributed by atoms with Crippen molar-refractivity contribution in [3.63, 3.8) is 0 Å². The van der Waals surface area contributed by atoms with Crippen LogP contribution in [0.4, 0.5) is 0 Å². The Morgan fingerprint density at radius 2 is 2.23 bits per heavy atom. The Hall–Kier alpha value is -0.900. The second-order valence-corrected chi connectivity index (χ2v) is 4.12. The molecule has 4 heteroatoms. The van der Waals surface area contributed by atoms with Crippen molar-refractivity contribution in [2.24, 2.45) is 0 Å². The fourth-order valence-electron chi connectivity index (χ4n) is 1.17. The molecule has 0 aliphatic rings. The number of rotatable bonds is 1. The van der Waals surface area contributed by atoms with E-state index >= 15 is 0 Å². The summed E-state index contributed by atoms with van der Waals surface area (Å²) in [6.07, 6.45) is 1.75. The van der Waals surface area contributed by atoms with E-state index in [0.717, 1.165) is 21.5 Å². The molecule has 0 atom stereocenters. The van der Waals surface area contributed by atoms with Crippen LogP contribution in [-0.4, -0.2) is 15.0 Å². The van der Waals surface area contributed by atoms with Crippen LogP contribution >= 0.6 is 15.9 Å². The Kier molecular flexibility index (Phi) is 2.07. The summed E-state index contributed by atoms with van der Waals surface area (Å²) in [6.45, 7) is 4.21. The standard InChI is InChI=1S/C9H10BrN3/c1-5(2)8-12-7-6(10)3-4-11-9(7)13-8/h3-5H,1-2H3,(H,11,12,13). The summed E-state index contributed by atoms with van der Waals surface area (Å²) in [6, 6.07) is 1.91. The summed E-state index contributed by atoms with van der Waals surface area (Å²) in [5.74, 6) is 1.38. The lowest BCUT2D eigenvalue weighted by Crippen LogP contribution is -1.88. The highest BCUT2D eigenvalue weighted by Crippen LogP contribution is 2.21. The molecule has 13 heavy (non-hydrogen) atoms. The first-order valence-corrected chi connectivity index (χ1v) is 4.98. The highest BCUT2D eigenvalue weighted by atomic mass is 79.9. The fraction of sp³-hybridized carbons (Fsp3) is 0.333. The van der Waals surface area contributed by atoms with Crippen molar-refractivity contribution < 1.29 is 0 Å². The van der Waals surface area contributed by atoms with E-state index in [4.69, 9.17) is 0 Å². The van der Waals surface area contributed by atoms with Crippen LogP contribution in [0.3, 0.4) is 0 Å². The van der Waals surface area contributed by atoms with Gasteiger partial charge in [0.2, 0.25) is 0 Å². The third-order valence-electron chi connectivity index (χ3n) is 1.91. The van der Waals surface area contributed by atoms with Crippen LogP contribution in [0.2, 0.25) is 0 Å². The number of H-pyrrole nitrogens is 1. The van der Waals surface area contributed by atoms with Gasteiger partial charge in [-0.1, -0.05) is 13.8 Å². The Balaban J connectivity index is 2.68. The van der Waals surface area contributed by atoms with Crippen molar-refractivity contribution in [2.45, 2.75) is 19.8 Å². The number of hydrogen-bond donors (Lipinski definition) is 1. The van der Waals surface area contributed by atoms with Crippen LogP contribution in [-0.2, 0) is 0 Å². The minimum Gasteiger partial charge on any atom is -0.339 e. The molecule has 0 bridgehead atoms. The zero-order valence-electron chi connectivity index (χ0n) is 7.50. The molecule has 0 aliphatic carbocycles. The lowest BCUT2D eigenvalue weighted by atomic mass is 10.2. The van der Waals surface area contributed by atoms with Gasteiger partial charge < -0.3 is 4.98 Å². The van der Waals surface area contributed by atoms with Crippen LogP contribution in [0, 0.1) is 0 Å². The highest BCUT2D eigenvalue weighted by molar-refractivity contribution is 9.10. The van der Waals surface area contributed by atoms with E-state index in [2.05, 4.69) is 44.7 Å². The van der Waals surface area contributed by atoms with Gasteiger partial charge in [0.25, 0.3) is 0 Å². The number of imidazole rings is 1. The predicted octanol–water partition coefficient (Wildman–Crippen LogP) is 2.84. The Bertz CT molecular complexity index is 433. The molecule has 2 heterocycles. The van der Waals surface area contributed by atoms with Gasteiger partial charge in [-0.15, -0.1) is 0 Å². The molecule has 0 saturated heterocycles. The monoisotopic (exact) mass is 239 g/mol. The molecule has 0 amide bonds. The molecule has 2 aromatic rings. The van der Waals surface area contributed by atoms with Crippen molar-refractivity contribution in [1.29, 1.82) is 0 Å². The van der Waals surface area contributed by atoms with Crippen LogP contribution < -0.4 is 0 Å². The average molecular weight is 240 g/mol. The molecular formula is C9H10BrN3. The van der Waals surface area contributed by atoms with Crippen molar-refractivity contribution in [3.05, 3.63) is 22.6 Å². The van der Waals surface area contributed by atoms with Crippen LogP contribution in [0.1, 0.15) is 25.6 Å². The van der Waals surface area contributed by atoms with Crippen molar-refractivity contribution in [3.8, 4) is 0 Å². The van der Waals surface area contributed by atoms with Crippen molar-refractivity contribution in [2.75, 3.05) is 0 Å². The number of halogens is 1. The molecule has 2 rings (SSSR count). The lowest BCUT2D eigenvalue weighted by Gasteiger charge is -1.95. The second-order valence-electron chi connectivity index (χ2n) is 3.27. The van der Waals surface area contributed by atoms with Crippen LogP contribution in [0.25, 0.3) is 11.2 Å². The van der Waals surface area contributed by atoms with Gasteiger partial charge in [-0.2, -0.15) is 0 Å². The number of nitrogens with zero attached hydrogens (tertiary/aromatic N) is 2. The van der Waals surface area contributed by atoms with Gasteiger partial charge in [-0.05, 0) is 22.0 Å². The van der Waals surface area contributed by atoms with Gasteiger partial charge in [-0.25, -0.2) is 9.97 Å². The quantitative estimate of drug-likeness (QED) is 0.832. The summed E-state index contributed by atoms with van der Waals surface area (Å²) in [4.78, 5) is 11.8. The Morgan fingerprint density at radius 3 is 2.85 bits per heavy atom. The molecule has 0 saturated carbocycles. The summed E-state index contributed by atoms with van der Waals surface area (Å²) in [5.41, 5.74) is 1.75. The normalized spacial score (nSPS) is 11.4. The SMILES string of the molecule is CC(C)c1nc2nccc(Br)c2[nH]1. The maximum atomic E-state index is 4.38. The van der Waals surface area contributed by atoms with E-state index in [1.54, 1.807) is 6.20 Å². The molecule has 0 radical (unpaired) electrons. The largest absolute Gasteiger partial charge is 0.339 e. The smallest absolute Gasteiger partial charge is 0.178 e. The number of pyridine rings is 1. The summed E-state index contributed by atoms with van der Waals surface area (Å²) < 4.78 is 1.01. The zero-order chi connectivity index (χ0) is 9.42. The van der Waals surface area contributed by atoms with E-state index in [1.807, 2.05) is 6.07 Å². The number of aromatic nitrogens is 3. The molecule has 68 valence electrons. The average Bonchev–Trinajstić information content (AvgIpc) is 2.49. The third-order valence-corrected chi connectivity index (χ3v) is 2.57. The summed E-state index contributed by atoms with van der Waals surface area (Å²) >= 11 is 3.45. The van der Waals surface area contributed by atoms with Crippen molar-refractivity contribution in [1.82, 2.24) is 15.0 Å². The topological polar surface area (TPSA) is 41.6 Å². The van der Waals surface area contributed by atoms with Gasteiger partial charge in [0.1, 0.15) is 5.82 Å². The number of fused-ring (bicyclic) bond motifs is 1. The second kappa shape index (κ2) is 3.10. The molecular weight excluding hydrogens is 230 g/mol. The van der Waals surface area contributed by atoms with Gasteiger partial charge >= 0.3 is 0 Å². The lowest BCUT2D eigenvalue weighted by molar-refractivity contribution is 0.798. The first-order chi connectivity index (χ1) is 6.18. The van der Waals surface area contributed by atoms with Crippen LogP contribution in [0.5, 0.6) is 0 Å². The molecule has 3 nitrogen and oxygen atoms in total. The highest BCUT2D eigenvalue weighted by Gasteiger charge is 2.08. The van der Waals surface area contributed by atoms with Gasteiger partial charge in [0.05, 0.1) is 5.52 Å². The molecule has 0 spiro atoms. The van der Waals surface area contributed by atoms with Crippen LogP contribution in [0.15, 0.2) is 16.7 Å².